The van der Waals surface area contributed by atoms with Gasteiger partial charge < -0.3 is 19.8 Å². The zero-order valence-electron chi connectivity index (χ0n) is 17.1. The van der Waals surface area contributed by atoms with E-state index >= 15 is 0 Å². The standard InChI is InChI=1S/C21H25ClN2O5/c1-12-15(22)11-23-18(25)17(12)14-8-6-13(7-9-14)10-16(19(26)28-5)24-20(27)29-21(2,3)4/h6-9,11,16H,10H2,1-5H3,(H,23,25)(H,24,27)/t16-/m0/s1. The normalized spacial score (nSPS) is 12.2. The van der Waals surface area contributed by atoms with Crippen molar-refractivity contribution >= 4 is 23.7 Å². The van der Waals surface area contributed by atoms with Gasteiger partial charge in [0.05, 0.1) is 17.7 Å². The molecule has 29 heavy (non-hydrogen) atoms. The number of aromatic amines is 1. The van der Waals surface area contributed by atoms with Gasteiger partial charge in [0.25, 0.3) is 5.56 Å². The third-order valence-electron chi connectivity index (χ3n) is 4.15. The van der Waals surface area contributed by atoms with E-state index in [2.05, 4.69) is 10.3 Å². The van der Waals surface area contributed by atoms with E-state index in [4.69, 9.17) is 21.1 Å². The second-order valence-corrected chi connectivity index (χ2v) is 8.00. The number of pyridine rings is 1. The molecule has 0 aliphatic rings. The Labute approximate surface area is 174 Å². The second kappa shape index (κ2) is 9.13. The van der Waals surface area contributed by atoms with Gasteiger partial charge >= 0.3 is 12.1 Å². The number of halogens is 1. The van der Waals surface area contributed by atoms with Crippen LogP contribution in [-0.2, 0) is 20.7 Å². The number of carbonyl (C=O) groups excluding carboxylic acids is 2. The average molecular weight is 421 g/mol. The molecule has 2 aromatic rings. The summed E-state index contributed by atoms with van der Waals surface area (Å²) >= 11 is 6.11. The van der Waals surface area contributed by atoms with Crippen molar-refractivity contribution in [2.75, 3.05) is 7.11 Å². The number of ether oxygens (including phenoxy) is 2. The average Bonchev–Trinajstić information content (AvgIpc) is 2.63. The minimum Gasteiger partial charge on any atom is -0.467 e. The number of methoxy groups -OCH3 is 1. The van der Waals surface area contributed by atoms with E-state index in [0.717, 1.165) is 5.56 Å². The molecule has 0 unspecified atom stereocenters. The van der Waals surface area contributed by atoms with Crippen molar-refractivity contribution in [2.24, 2.45) is 0 Å². The molecule has 0 radical (unpaired) electrons. The number of esters is 1. The van der Waals surface area contributed by atoms with Crippen LogP contribution >= 0.6 is 11.6 Å². The maximum atomic E-state index is 12.2. The topological polar surface area (TPSA) is 97.5 Å². The number of alkyl carbamates (subject to hydrolysis) is 1. The molecule has 8 heteroatoms. The molecule has 0 aliphatic heterocycles. The molecule has 0 saturated carbocycles. The molecule has 156 valence electrons. The summed E-state index contributed by atoms with van der Waals surface area (Å²) in [5.41, 5.74) is 1.72. The molecule has 7 nitrogen and oxygen atoms in total. The highest BCUT2D eigenvalue weighted by Gasteiger charge is 2.25. The van der Waals surface area contributed by atoms with Crippen LogP contribution in [0.2, 0.25) is 5.02 Å². The summed E-state index contributed by atoms with van der Waals surface area (Å²) < 4.78 is 9.99. The number of aromatic nitrogens is 1. The van der Waals surface area contributed by atoms with Crippen LogP contribution in [0.3, 0.4) is 0 Å². The fourth-order valence-corrected chi connectivity index (χ4v) is 2.92. The summed E-state index contributed by atoms with van der Waals surface area (Å²) in [7, 11) is 1.25. The number of carbonyl (C=O) groups is 2. The smallest absolute Gasteiger partial charge is 0.408 e. The van der Waals surface area contributed by atoms with Crippen molar-refractivity contribution in [3.63, 3.8) is 0 Å². The number of benzene rings is 1. The first kappa shape index (κ1) is 22.5. The zero-order chi connectivity index (χ0) is 21.8. The molecule has 1 heterocycles. The summed E-state index contributed by atoms with van der Waals surface area (Å²) in [4.78, 5) is 38.9. The van der Waals surface area contributed by atoms with Gasteiger partial charge in [-0.15, -0.1) is 0 Å². The lowest BCUT2D eigenvalue weighted by atomic mass is 9.99. The quantitative estimate of drug-likeness (QED) is 0.720. The molecule has 1 aromatic heterocycles. The van der Waals surface area contributed by atoms with Crippen molar-refractivity contribution in [1.82, 2.24) is 10.3 Å². The highest BCUT2D eigenvalue weighted by molar-refractivity contribution is 6.31. The number of amides is 1. The molecule has 0 aliphatic carbocycles. The second-order valence-electron chi connectivity index (χ2n) is 7.59. The van der Waals surface area contributed by atoms with Gasteiger partial charge in [-0.05, 0) is 44.4 Å². The van der Waals surface area contributed by atoms with E-state index < -0.39 is 23.7 Å². The number of hydrogen-bond acceptors (Lipinski definition) is 5. The van der Waals surface area contributed by atoms with E-state index in [-0.39, 0.29) is 12.0 Å². The van der Waals surface area contributed by atoms with Crippen LogP contribution in [0.5, 0.6) is 0 Å². The van der Waals surface area contributed by atoms with Crippen LogP contribution in [0.25, 0.3) is 11.1 Å². The summed E-state index contributed by atoms with van der Waals surface area (Å²) in [6, 6.07) is 6.19. The molecule has 1 atom stereocenters. The van der Waals surface area contributed by atoms with Crippen LogP contribution in [0.1, 0.15) is 31.9 Å². The lowest BCUT2D eigenvalue weighted by molar-refractivity contribution is -0.143. The third kappa shape index (κ3) is 6.09. The van der Waals surface area contributed by atoms with E-state index in [0.29, 0.717) is 21.7 Å². The summed E-state index contributed by atoms with van der Waals surface area (Å²) in [6.07, 6.45) is 0.961. The summed E-state index contributed by atoms with van der Waals surface area (Å²) in [5, 5.41) is 3.01. The highest BCUT2D eigenvalue weighted by atomic mass is 35.5. The molecule has 2 N–H and O–H groups in total. The Bertz CT molecular complexity index is 945. The van der Waals surface area contributed by atoms with Gasteiger partial charge in [0, 0.05) is 12.6 Å². The zero-order valence-corrected chi connectivity index (χ0v) is 17.8. The fourth-order valence-electron chi connectivity index (χ4n) is 2.78. The minimum atomic E-state index is -0.906. The van der Waals surface area contributed by atoms with Crippen LogP contribution in [0.4, 0.5) is 4.79 Å². The van der Waals surface area contributed by atoms with Crippen LogP contribution < -0.4 is 10.9 Å². The Morgan fingerprint density at radius 2 is 1.83 bits per heavy atom. The van der Waals surface area contributed by atoms with Crippen molar-refractivity contribution in [2.45, 2.75) is 45.8 Å². The lowest BCUT2D eigenvalue weighted by Crippen LogP contribution is -2.45. The summed E-state index contributed by atoms with van der Waals surface area (Å²) in [6.45, 7) is 6.98. The molecule has 0 spiro atoms. The SMILES string of the molecule is COC(=O)[C@H](Cc1ccc(-c2c(C)c(Cl)c[nH]c2=O)cc1)NC(=O)OC(C)(C)C. The first-order valence-corrected chi connectivity index (χ1v) is 9.44. The Hall–Kier alpha value is -2.80. The fraction of sp³-hybridized carbons (Fsp3) is 0.381. The number of nitrogens with one attached hydrogen (secondary N) is 2. The molecule has 1 amide bonds. The Morgan fingerprint density at radius 1 is 1.21 bits per heavy atom. The van der Waals surface area contributed by atoms with Gasteiger partial charge in [-0.25, -0.2) is 9.59 Å². The molecule has 0 bridgehead atoms. The minimum absolute atomic E-state index is 0.205. The van der Waals surface area contributed by atoms with E-state index in [1.54, 1.807) is 52.0 Å². The largest absolute Gasteiger partial charge is 0.467 e. The van der Waals surface area contributed by atoms with Crippen LogP contribution in [-0.4, -0.2) is 35.8 Å². The van der Waals surface area contributed by atoms with Crippen molar-refractivity contribution in [1.29, 1.82) is 0 Å². The predicted octanol–water partition coefficient (Wildman–Crippen LogP) is 3.61. The van der Waals surface area contributed by atoms with Gasteiger partial charge in [0.1, 0.15) is 11.6 Å². The molecular formula is C21H25ClN2O5. The third-order valence-corrected chi connectivity index (χ3v) is 4.54. The van der Waals surface area contributed by atoms with E-state index in [1.165, 1.54) is 13.3 Å². The first-order valence-electron chi connectivity index (χ1n) is 9.06. The van der Waals surface area contributed by atoms with Crippen LogP contribution in [0, 0.1) is 6.92 Å². The molecule has 0 fully saturated rings. The Kier molecular flexibility index (Phi) is 7.08. The van der Waals surface area contributed by atoms with Gasteiger partial charge in [0.2, 0.25) is 0 Å². The lowest BCUT2D eigenvalue weighted by Gasteiger charge is -2.22. The van der Waals surface area contributed by atoms with Crippen LogP contribution in [0.15, 0.2) is 35.3 Å². The molecule has 1 aromatic carbocycles. The molecular weight excluding hydrogens is 396 g/mol. The number of H-pyrrole nitrogens is 1. The predicted molar refractivity (Wildman–Crippen MR) is 111 cm³/mol. The molecule has 0 saturated heterocycles. The maximum absolute atomic E-state index is 12.2. The van der Waals surface area contributed by atoms with Crippen molar-refractivity contribution in [3.8, 4) is 11.1 Å². The van der Waals surface area contributed by atoms with Gasteiger partial charge in [-0.2, -0.15) is 0 Å². The van der Waals surface area contributed by atoms with Gasteiger partial charge in [-0.3, -0.25) is 4.79 Å². The molecule has 2 rings (SSSR count). The van der Waals surface area contributed by atoms with Crippen molar-refractivity contribution < 1.29 is 19.1 Å². The maximum Gasteiger partial charge on any atom is 0.408 e. The first-order chi connectivity index (χ1) is 13.5. The van der Waals surface area contributed by atoms with Crippen molar-refractivity contribution in [3.05, 3.63) is 57.0 Å². The van der Waals surface area contributed by atoms with E-state index in [1.807, 2.05) is 0 Å². The van der Waals surface area contributed by atoms with Gasteiger partial charge in [-0.1, -0.05) is 35.9 Å². The monoisotopic (exact) mass is 420 g/mol. The Balaban J connectivity index is 2.21. The highest BCUT2D eigenvalue weighted by Crippen LogP contribution is 2.25. The van der Waals surface area contributed by atoms with Gasteiger partial charge in [0.15, 0.2) is 0 Å². The number of hydrogen-bond donors (Lipinski definition) is 2. The Morgan fingerprint density at radius 3 is 2.38 bits per heavy atom. The summed E-state index contributed by atoms with van der Waals surface area (Å²) in [5.74, 6) is -0.581. The number of rotatable bonds is 5. The van der Waals surface area contributed by atoms with E-state index in [9.17, 15) is 14.4 Å².